The molecule has 3 heteroatoms. The fraction of sp³-hybridized carbons (Fsp3) is 0.778. The largest absolute Gasteiger partial charge is 0.412 e. The first-order valence-electron chi connectivity index (χ1n) is 12.2. The average molecular weight is 429 g/mol. The van der Waals surface area contributed by atoms with Crippen molar-refractivity contribution in [3.8, 4) is 0 Å². The van der Waals surface area contributed by atoms with Crippen LogP contribution in [-0.2, 0) is 0 Å². The van der Waals surface area contributed by atoms with Crippen LogP contribution in [0.3, 0.4) is 0 Å². The molecule has 0 unspecified atom stereocenters. The smallest absolute Gasteiger partial charge is 0.123 e. The summed E-state index contributed by atoms with van der Waals surface area (Å²) in [5.41, 5.74) is 1.33. The number of hydrogen-bond donors (Lipinski definition) is 0. The van der Waals surface area contributed by atoms with Gasteiger partial charge in [0.1, 0.15) is 5.82 Å². The molecule has 2 nitrogen and oxygen atoms in total. The second kappa shape index (κ2) is 21.3. The zero-order chi connectivity index (χ0) is 21.4. The van der Waals surface area contributed by atoms with Crippen molar-refractivity contribution in [1.82, 2.24) is 0 Å². The molecule has 1 saturated carbocycles. The van der Waals surface area contributed by atoms with Crippen molar-refractivity contribution in [3.05, 3.63) is 35.6 Å². The molecular weight excluding hydrogens is 375 g/mol. The van der Waals surface area contributed by atoms with E-state index in [1.54, 1.807) is 12.1 Å². The van der Waals surface area contributed by atoms with E-state index in [1.165, 1.54) is 69.8 Å². The van der Waals surface area contributed by atoms with Crippen molar-refractivity contribution in [2.45, 2.75) is 119 Å². The first-order valence-corrected chi connectivity index (χ1v) is 12.2. The normalized spacial score (nSPS) is 18.6. The zero-order valence-electron chi connectivity index (χ0n) is 21.1. The third-order valence-electron chi connectivity index (χ3n) is 6.06. The van der Waals surface area contributed by atoms with Gasteiger partial charge in [-0.3, -0.25) is 0 Å². The van der Waals surface area contributed by atoms with Crippen molar-refractivity contribution in [2.75, 3.05) is 0 Å². The third kappa shape index (κ3) is 15.8. The summed E-state index contributed by atoms with van der Waals surface area (Å²) in [7, 11) is 0. The molecule has 0 heterocycles. The zero-order valence-corrected chi connectivity index (χ0v) is 21.1. The predicted molar refractivity (Wildman–Crippen MR) is 133 cm³/mol. The summed E-state index contributed by atoms with van der Waals surface area (Å²) in [6, 6.07) is 7.10. The van der Waals surface area contributed by atoms with E-state index in [0.717, 1.165) is 17.8 Å². The molecule has 1 aliphatic rings. The van der Waals surface area contributed by atoms with Crippen LogP contribution in [0.25, 0.3) is 0 Å². The summed E-state index contributed by atoms with van der Waals surface area (Å²) in [6.07, 6.45) is 13.6. The first-order chi connectivity index (χ1) is 13.5. The van der Waals surface area contributed by atoms with Crippen LogP contribution in [0, 0.1) is 23.6 Å². The van der Waals surface area contributed by atoms with E-state index in [0.29, 0.717) is 5.92 Å². The predicted octanol–water partition coefficient (Wildman–Crippen LogP) is 8.14. The maximum atomic E-state index is 12.8. The lowest BCUT2D eigenvalue weighted by atomic mass is 9.77. The van der Waals surface area contributed by atoms with Crippen molar-refractivity contribution in [3.63, 3.8) is 0 Å². The Morgan fingerprint density at radius 3 is 1.83 bits per heavy atom. The molecule has 1 aromatic carbocycles. The van der Waals surface area contributed by atoms with Crippen LogP contribution < -0.4 is 0 Å². The van der Waals surface area contributed by atoms with Gasteiger partial charge < -0.3 is 11.0 Å². The summed E-state index contributed by atoms with van der Waals surface area (Å²) >= 11 is 0. The van der Waals surface area contributed by atoms with Crippen LogP contribution in [0.2, 0.25) is 0 Å². The summed E-state index contributed by atoms with van der Waals surface area (Å²) in [5.74, 6) is 3.33. The van der Waals surface area contributed by atoms with Crippen molar-refractivity contribution in [1.29, 1.82) is 0 Å². The summed E-state index contributed by atoms with van der Waals surface area (Å²) in [6.45, 7) is 15.5. The molecule has 30 heavy (non-hydrogen) atoms. The molecule has 1 fully saturated rings. The lowest BCUT2D eigenvalue weighted by Gasteiger charge is -2.28. The van der Waals surface area contributed by atoms with Gasteiger partial charge in [0, 0.05) is 0 Å². The van der Waals surface area contributed by atoms with Crippen molar-refractivity contribution >= 4 is 0 Å². The van der Waals surface area contributed by atoms with E-state index in [9.17, 15) is 4.39 Å². The highest BCUT2D eigenvalue weighted by molar-refractivity contribution is 5.20. The maximum Gasteiger partial charge on any atom is 0.123 e. The highest BCUT2D eigenvalue weighted by Gasteiger charge is 2.21. The van der Waals surface area contributed by atoms with Crippen LogP contribution in [-0.4, -0.2) is 11.0 Å². The SMILES string of the molecule is CC.CCCC1CCC(c2ccc(F)cc2)CC1.CC[C@H](C)CCCC(C)C.O.O. The molecule has 0 aromatic heterocycles. The minimum atomic E-state index is -0.122. The van der Waals surface area contributed by atoms with E-state index in [4.69, 9.17) is 0 Å². The van der Waals surface area contributed by atoms with Gasteiger partial charge in [0.25, 0.3) is 0 Å². The maximum absolute atomic E-state index is 12.8. The Bertz CT molecular complexity index is 450. The minimum absolute atomic E-state index is 0. The quantitative estimate of drug-likeness (QED) is 0.401. The van der Waals surface area contributed by atoms with Gasteiger partial charge >= 0.3 is 0 Å². The third-order valence-corrected chi connectivity index (χ3v) is 6.06. The molecular formula is C27H53FO2. The number of benzene rings is 1. The van der Waals surface area contributed by atoms with E-state index >= 15 is 0 Å². The van der Waals surface area contributed by atoms with Crippen LogP contribution in [0.15, 0.2) is 24.3 Å². The Labute approximate surface area is 187 Å². The minimum Gasteiger partial charge on any atom is -0.412 e. The standard InChI is InChI=1S/C15H21F.C10H22.C2H6.2H2O/c1-2-3-12-4-6-13(7-5-12)14-8-10-15(16)11-9-14;1-5-10(4)8-6-7-9(2)3;1-2;;/h8-13H,2-7H2,1H3;9-10H,5-8H2,1-4H3;1-2H3;2*1H2/t;10-;;;/m.0.../s1. The van der Waals surface area contributed by atoms with Gasteiger partial charge in [0.15, 0.2) is 0 Å². The lowest BCUT2D eigenvalue weighted by Crippen LogP contribution is -2.13. The summed E-state index contributed by atoms with van der Waals surface area (Å²) in [4.78, 5) is 0. The Hall–Kier alpha value is -0.930. The topological polar surface area (TPSA) is 63.0 Å². The van der Waals surface area contributed by atoms with Crippen molar-refractivity contribution in [2.24, 2.45) is 17.8 Å². The number of hydrogen-bond acceptors (Lipinski definition) is 0. The van der Waals surface area contributed by atoms with Gasteiger partial charge in [-0.1, -0.05) is 99.1 Å². The molecule has 0 spiro atoms. The van der Waals surface area contributed by atoms with Crippen LogP contribution in [0.1, 0.15) is 124 Å². The average Bonchev–Trinajstić information content (AvgIpc) is 2.71. The molecule has 1 atom stereocenters. The van der Waals surface area contributed by atoms with Gasteiger partial charge in [0.2, 0.25) is 0 Å². The van der Waals surface area contributed by atoms with Gasteiger partial charge in [-0.05, 0) is 67.1 Å². The Kier molecular flexibility index (Phi) is 23.9. The molecule has 0 radical (unpaired) electrons. The molecule has 0 bridgehead atoms. The van der Waals surface area contributed by atoms with Crippen LogP contribution >= 0.6 is 0 Å². The van der Waals surface area contributed by atoms with E-state index in [2.05, 4.69) is 34.6 Å². The van der Waals surface area contributed by atoms with Gasteiger partial charge in [-0.15, -0.1) is 0 Å². The van der Waals surface area contributed by atoms with Gasteiger partial charge in [-0.2, -0.15) is 0 Å². The molecule has 0 amide bonds. The van der Waals surface area contributed by atoms with Crippen molar-refractivity contribution < 1.29 is 15.3 Å². The summed E-state index contributed by atoms with van der Waals surface area (Å²) in [5, 5.41) is 0. The first kappa shape index (κ1) is 33.7. The monoisotopic (exact) mass is 428 g/mol. The molecule has 2 rings (SSSR count). The molecule has 4 N–H and O–H groups in total. The number of rotatable bonds is 8. The fourth-order valence-electron chi connectivity index (χ4n) is 4.01. The second-order valence-corrected chi connectivity index (χ2v) is 8.90. The second-order valence-electron chi connectivity index (χ2n) is 8.90. The Morgan fingerprint density at radius 1 is 0.867 bits per heavy atom. The Morgan fingerprint density at radius 2 is 1.40 bits per heavy atom. The summed E-state index contributed by atoms with van der Waals surface area (Å²) < 4.78 is 12.8. The highest BCUT2D eigenvalue weighted by Crippen LogP contribution is 2.37. The van der Waals surface area contributed by atoms with Gasteiger partial charge in [-0.25, -0.2) is 4.39 Å². The molecule has 1 aliphatic carbocycles. The van der Waals surface area contributed by atoms with E-state index < -0.39 is 0 Å². The lowest BCUT2D eigenvalue weighted by molar-refractivity contribution is 0.308. The van der Waals surface area contributed by atoms with Crippen LogP contribution in [0.4, 0.5) is 4.39 Å². The van der Waals surface area contributed by atoms with Crippen LogP contribution in [0.5, 0.6) is 0 Å². The van der Waals surface area contributed by atoms with E-state index in [1.807, 2.05) is 26.0 Å². The van der Waals surface area contributed by atoms with E-state index in [-0.39, 0.29) is 16.8 Å². The molecule has 0 aliphatic heterocycles. The molecule has 1 aromatic rings. The molecule has 0 saturated heterocycles. The van der Waals surface area contributed by atoms with Gasteiger partial charge in [0.05, 0.1) is 0 Å². The Balaban J connectivity index is -0.000000459. The fourth-order valence-corrected chi connectivity index (χ4v) is 4.01. The molecule has 180 valence electrons. The highest BCUT2D eigenvalue weighted by atomic mass is 19.1. The number of halogens is 1.